The Labute approximate surface area is 141 Å². The fourth-order valence-electron chi connectivity index (χ4n) is 2.72. The number of aryl methyl sites for hydroxylation is 1. The van der Waals surface area contributed by atoms with E-state index in [-0.39, 0.29) is 18.0 Å². The number of hydrogen-bond acceptors (Lipinski definition) is 4. The van der Waals surface area contributed by atoms with Crippen LogP contribution in [0.3, 0.4) is 0 Å². The molecule has 0 saturated carbocycles. The zero-order chi connectivity index (χ0) is 17.2. The van der Waals surface area contributed by atoms with Gasteiger partial charge in [-0.25, -0.2) is 8.42 Å². The molecule has 1 aliphatic rings. The maximum atomic E-state index is 13.1. The molecule has 1 unspecified atom stereocenters. The van der Waals surface area contributed by atoms with Gasteiger partial charge in [0.1, 0.15) is 6.04 Å². The summed E-state index contributed by atoms with van der Waals surface area (Å²) in [5.74, 6) is -0.485. The summed E-state index contributed by atoms with van der Waals surface area (Å²) in [6, 6.07) is 15.1. The lowest BCUT2D eigenvalue weighted by atomic mass is 10.2. The van der Waals surface area contributed by atoms with Gasteiger partial charge in [-0.2, -0.15) is 4.31 Å². The number of hydrogen-bond donors (Lipinski definition) is 0. The molecule has 0 spiro atoms. The molecular formula is C18H19NO4S. The van der Waals surface area contributed by atoms with Crippen LogP contribution in [0.4, 0.5) is 0 Å². The van der Waals surface area contributed by atoms with Gasteiger partial charge in [0, 0.05) is 13.0 Å². The molecule has 0 radical (unpaired) electrons. The van der Waals surface area contributed by atoms with Crippen LogP contribution in [0.15, 0.2) is 59.5 Å². The van der Waals surface area contributed by atoms with E-state index >= 15 is 0 Å². The Morgan fingerprint density at radius 1 is 1.08 bits per heavy atom. The van der Waals surface area contributed by atoms with Gasteiger partial charge in [0.05, 0.1) is 11.5 Å². The van der Waals surface area contributed by atoms with Crippen molar-refractivity contribution in [3.05, 3.63) is 65.7 Å². The van der Waals surface area contributed by atoms with Crippen molar-refractivity contribution in [1.82, 2.24) is 4.31 Å². The summed E-state index contributed by atoms with van der Waals surface area (Å²) in [7, 11) is -3.80. The number of esters is 1. The highest BCUT2D eigenvalue weighted by molar-refractivity contribution is 7.89. The molecule has 1 fully saturated rings. The van der Waals surface area contributed by atoms with E-state index in [0.29, 0.717) is 6.42 Å². The zero-order valence-corrected chi connectivity index (χ0v) is 14.2. The van der Waals surface area contributed by atoms with Crippen molar-refractivity contribution in [1.29, 1.82) is 0 Å². The van der Waals surface area contributed by atoms with Gasteiger partial charge in [0.2, 0.25) is 10.0 Å². The molecule has 0 N–H and O–H groups in total. The first-order valence-corrected chi connectivity index (χ1v) is 9.21. The number of sulfonamides is 1. The predicted molar refractivity (Wildman–Crippen MR) is 89.7 cm³/mol. The van der Waals surface area contributed by atoms with Crippen LogP contribution in [0.25, 0.3) is 0 Å². The van der Waals surface area contributed by atoms with Crippen LogP contribution in [-0.2, 0) is 26.1 Å². The second-order valence-corrected chi connectivity index (χ2v) is 7.71. The molecule has 3 rings (SSSR count). The number of carbonyl (C=O) groups excluding carboxylic acids is 1. The molecule has 1 heterocycles. The SMILES string of the molecule is Cc1ccc(S(=O)(=O)N(Cc2ccccc2)C2CCOC2=O)cc1. The van der Waals surface area contributed by atoms with Crippen LogP contribution in [0.5, 0.6) is 0 Å². The largest absolute Gasteiger partial charge is 0.464 e. The topological polar surface area (TPSA) is 63.7 Å². The van der Waals surface area contributed by atoms with Crippen LogP contribution in [-0.4, -0.2) is 31.3 Å². The van der Waals surface area contributed by atoms with Crippen LogP contribution in [0.2, 0.25) is 0 Å². The van der Waals surface area contributed by atoms with Gasteiger partial charge in [-0.15, -0.1) is 0 Å². The standard InChI is InChI=1S/C18H19NO4S/c1-14-7-9-16(10-8-14)24(21,22)19(17-11-12-23-18(17)20)13-15-5-3-2-4-6-15/h2-10,17H,11-13H2,1H3. The van der Waals surface area contributed by atoms with Crippen molar-refractivity contribution >= 4 is 16.0 Å². The molecule has 6 heteroatoms. The summed E-state index contributed by atoms with van der Waals surface area (Å²) < 4.78 is 32.4. The molecule has 1 saturated heterocycles. The van der Waals surface area contributed by atoms with Crippen LogP contribution < -0.4 is 0 Å². The van der Waals surface area contributed by atoms with Gasteiger partial charge in [-0.1, -0.05) is 48.0 Å². The van der Waals surface area contributed by atoms with Crippen LogP contribution in [0, 0.1) is 6.92 Å². The van der Waals surface area contributed by atoms with E-state index in [4.69, 9.17) is 4.74 Å². The van der Waals surface area contributed by atoms with Crippen molar-refractivity contribution in [2.75, 3.05) is 6.61 Å². The van der Waals surface area contributed by atoms with Gasteiger partial charge in [-0.05, 0) is 24.6 Å². The number of ether oxygens (including phenoxy) is 1. The van der Waals surface area contributed by atoms with Crippen molar-refractivity contribution in [2.45, 2.75) is 30.8 Å². The van der Waals surface area contributed by atoms with E-state index in [1.807, 2.05) is 37.3 Å². The summed E-state index contributed by atoms with van der Waals surface area (Å²) in [4.78, 5) is 12.2. The third-order valence-corrected chi connectivity index (χ3v) is 5.93. The average molecular weight is 345 g/mol. The Balaban J connectivity index is 1.99. The molecule has 24 heavy (non-hydrogen) atoms. The van der Waals surface area contributed by atoms with E-state index in [9.17, 15) is 13.2 Å². The molecule has 0 aliphatic carbocycles. The fraction of sp³-hybridized carbons (Fsp3) is 0.278. The van der Waals surface area contributed by atoms with Crippen LogP contribution in [0.1, 0.15) is 17.5 Å². The first-order chi connectivity index (χ1) is 11.5. The number of benzene rings is 2. The summed E-state index contributed by atoms with van der Waals surface area (Å²) in [5, 5.41) is 0. The van der Waals surface area contributed by atoms with Gasteiger partial charge in [0.25, 0.3) is 0 Å². The van der Waals surface area contributed by atoms with E-state index in [2.05, 4.69) is 0 Å². The van der Waals surface area contributed by atoms with Gasteiger partial charge < -0.3 is 4.74 Å². The monoisotopic (exact) mass is 345 g/mol. The molecular weight excluding hydrogens is 326 g/mol. The van der Waals surface area contributed by atoms with Gasteiger partial charge >= 0.3 is 5.97 Å². The van der Waals surface area contributed by atoms with Crippen molar-refractivity contribution in [2.24, 2.45) is 0 Å². The molecule has 126 valence electrons. The molecule has 0 aromatic heterocycles. The minimum atomic E-state index is -3.80. The molecule has 2 aromatic rings. The number of rotatable bonds is 5. The Kier molecular flexibility index (Phi) is 4.69. The summed E-state index contributed by atoms with van der Waals surface area (Å²) in [5.41, 5.74) is 1.80. The van der Waals surface area contributed by atoms with Crippen molar-refractivity contribution < 1.29 is 17.9 Å². The smallest absolute Gasteiger partial charge is 0.324 e. The summed E-state index contributed by atoms with van der Waals surface area (Å²) in [6.07, 6.45) is 0.372. The van der Waals surface area contributed by atoms with E-state index < -0.39 is 22.0 Å². The second-order valence-electron chi connectivity index (χ2n) is 5.82. The predicted octanol–water partition coefficient (Wildman–Crippen LogP) is 2.50. The Bertz CT molecular complexity index is 816. The quantitative estimate of drug-likeness (QED) is 0.781. The third-order valence-electron chi connectivity index (χ3n) is 4.06. The highest BCUT2D eigenvalue weighted by Gasteiger charge is 2.39. The highest BCUT2D eigenvalue weighted by Crippen LogP contribution is 2.26. The highest BCUT2D eigenvalue weighted by atomic mass is 32.2. The lowest BCUT2D eigenvalue weighted by molar-refractivity contribution is -0.141. The molecule has 5 nitrogen and oxygen atoms in total. The molecule has 0 bridgehead atoms. The maximum Gasteiger partial charge on any atom is 0.324 e. The minimum absolute atomic E-state index is 0.136. The van der Waals surface area contributed by atoms with E-state index in [1.54, 1.807) is 24.3 Å². The second kappa shape index (κ2) is 6.75. The first kappa shape index (κ1) is 16.7. The first-order valence-electron chi connectivity index (χ1n) is 7.77. The van der Waals surface area contributed by atoms with Crippen molar-refractivity contribution in [3.8, 4) is 0 Å². The molecule has 1 atom stereocenters. The average Bonchev–Trinajstić information content (AvgIpc) is 2.99. The summed E-state index contributed by atoms with van der Waals surface area (Å²) in [6.45, 7) is 2.28. The number of cyclic esters (lactones) is 1. The summed E-state index contributed by atoms with van der Waals surface area (Å²) >= 11 is 0. The number of carbonyl (C=O) groups is 1. The maximum absolute atomic E-state index is 13.1. The Morgan fingerprint density at radius 2 is 1.75 bits per heavy atom. The lowest BCUT2D eigenvalue weighted by Gasteiger charge is -2.25. The number of nitrogens with zero attached hydrogens (tertiary/aromatic N) is 1. The van der Waals surface area contributed by atoms with Crippen molar-refractivity contribution in [3.63, 3.8) is 0 Å². The Hall–Kier alpha value is -2.18. The van der Waals surface area contributed by atoms with Crippen LogP contribution >= 0.6 is 0 Å². The fourth-order valence-corrected chi connectivity index (χ4v) is 4.31. The zero-order valence-electron chi connectivity index (χ0n) is 13.4. The minimum Gasteiger partial charge on any atom is -0.464 e. The lowest BCUT2D eigenvalue weighted by Crippen LogP contribution is -2.42. The van der Waals surface area contributed by atoms with Gasteiger partial charge in [0.15, 0.2) is 0 Å². The van der Waals surface area contributed by atoms with E-state index in [0.717, 1.165) is 11.1 Å². The molecule has 0 amide bonds. The Morgan fingerprint density at radius 3 is 2.33 bits per heavy atom. The molecule has 2 aromatic carbocycles. The normalized spacial score (nSPS) is 17.9. The third kappa shape index (κ3) is 3.34. The van der Waals surface area contributed by atoms with E-state index in [1.165, 1.54) is 4.31 Å². The van der Waals surface area contributed by atoms with Gasteiger partial charge in [-0.3, -0.25) is 4.79 Å². The molecule has 1 aliphatic heterocycles.